The average Bonchev–Trinajstić information content (AvgIpc) is 2.52. The van der Waals surface area contributed by atoms with Crippen molar-refractivity contribution in [2.75, 3.05) is 20.5 Å². The minimum absolute atomic E-state index is 0.171. The molecule has 0 bridgehead atoms. The molecule has 0 amide bonds. The summed E-state index contributed by atoms with van der Waals surface area (Å²) in [7, 11) is -0.381. The van der Waals surface area contributed by atoms with Crippen LogP contribution in [-0.4, -0.2) is 45.6 Å². The van der Waals surface area contributed by atoms with Gasteiger partial charge in [0.25, 0.3) is 0 Å². The minimum Gasteiger partial charge on any atom is -0.413 e. The summed E-state index contributed by atoms with van der Waals surface area (Å²) in [5.74, 6) is 0. The molecule has 5 heteroatoms. The van der Waals surface area contributed by atoms with E-state index in [1.165, 1.54) is 0 Å². The number of rotatable bonds is 14. The lowest BCUT2D eigenvalue weighted by molar-refractivity contribution is -0.184. The van der Waals surface area contributed by atoms with Crippen molar-refractivity contribution in [1.29, 1.82) is 0 Å². The molecular formula is C20H44O4Si. The van der Waals surface area contributed by atoms with Crippen LogP contribution in [0.15, 0.2) is 0 Å². The van der Waals surface area contributed by atoms with Crippen LogP contribution in [0, 0.1) is 0 Å². The smallest absolute Gasteiger partial charge is 0.200 e. The van der Waals surface area contributed by atoms with E-state index in [0.717, 1.165) is 25.7 Å². The molecule has 0 rings (SSSR count). The Morgan fingerprint density at radius 2 is 1.48 bits per heavy atom. The van der Waals surface area contributed by atoms with E-state index in [2.05, 4.69) is 48.5 Å². The maximum absolute atomic E-state index is 10.8. The summed E-state index contributed by atoms with van der Waals surface area (Å²) in [5.41, 5.74) is 0.796. The maximum Gasteiger partial charge on any atom is 0.200 e. The molecule has 1 N–H and O–H groups in total. The lowest BCUT2D eigenvalue weighted by atomic mass is 9.95. The molecular weight excluding hydrogens is 332 g/mol. The highest BCUT2D eigenvalue weighted by atomic mass is 28.4. The van der Waals surface area contributed by atoms with Crippen molar-refractivity contribution in [1.82, 2.24) is 0 Å². The molecule has 0 fully saturated rings. The van der Waals surface area contributed by atoms with Crippen LogP contribution in [0.4, 0.5) is 0 Å². The van der Waals surface area contributed by atoms with Crippen LogP contribution in [-0.2, 0) is 13.9 Å². The summed E-state index contributed by atoms with van der Waals surface area (Å²) >= 11 is 0. The standard InChI is InChI=1S/C20H44O4Si/c1-10-11-12-13-19(21)20(8,23-15-22-9)14-24-25(16(2)3,17(4)5)18(6)7/h16-19,21H,10-15H2,1-9H3/t19-,20-/m1/s1. The summed E-state index contributed by atoms with van der Waals surface area (Å²) in [6.07, 6.45) is 3.46. The second kappa shape index (κ2) is 11.7. The molecule has 0 radical (unpaired) electrons. The third kappa shape index (κ3) is 6.94. The molecule has 0 spiro atoms. The Kier molecular flexibility index (Phi) is 11.7. The van der Waals surface area contributed by atoms with Crippen molar-refractivity contribution < 1.29 is 19.0 Å². The van der Waals surface area contributed by atoms with Crippen LogP contribution >= 0.6 is 0 Å². The van der Waals surface area contributed by atoms with Crippen molar-refractivity contribution >= 4 is 8.32 Å². The van der Waals surface area contributed by atoms with E-state index in [4.69, 9.17) is 13.9 Å². The van der Waals surface area contributed by atoms with Crippen molar-refractivity contribution in [3.8, 4) is 0 Å². The van der Waals surface area contributed by atoms with E-state index in [9.17, 15) is 5.11 Å². The predicted octanol–water partition coefficient (Wildman–Crippen LogP) is 5.50. The number of aliphatic hydroxyl groups excluding tert-OH is 1. The predicted molar refractivity (Wildman–Crippen MR) is 109 cm³/mol. The lowest BCUT2D eigenvalue weighted by Crippen LogP contribution is -2.54. The first-order chi connectivity index (χ1) is 11.6. The van der Waals surface area contributed by atoms with Crippen LogP contribution < -0.4 is 0 Å². The zero-order chi connectivity index (χ0) is 19.7. The van der Waals surface area contributed by atoms with Gasteiger partial charge in [-0.25, -0.2) is 0 Å². The highest BCUT2D eigenvalue weighted by Gasteiger charge is 2.47. The van der Waals surface area contributed by atoms with Crippen LogP contribution in [0.3, 0.4) is 0 Å². The van der Waals surface area contributed by atoms with Gasteiger partial charge in [0.2, 0.25) is 0 Å². The van der Waals surface area contributed by atoms with Crippen LogP contribution in [0.5, 0.6) is 0 Å². The molecule has 152 valence electrons. The molecule has 0 aromatic heterocycles. The number of hydrogen-bond acceptors (Lipinski definition) is 4. The molecule has 2 atom stereocenters. The van der Waals surface area contributed by atoms with E-state index < -0.39 is 20.0 Å². The molecule has 0 unspecified atom stereocenters. The van der Waals surface area contributed by atoms with E-state index in [0.29, 0.717) is 23.2 Å². The second-order valence-corrected chi connectivity index (χ2v) is 13.9. The molecule has 0 aliphatic carbocycles. The highest BCUT2D eigenvalue weighted by Crippen LogP contribution is 2.43. The van der Waals surface area contributed by atoms with Crippen molar-refractivity contribution in [2.24, 2.45) is 0 Å². The summed E-state index contributed by atoms with van der Waals surface area (Å²) in [5, 5.41) is 10.8. The Bertz CT molecular complexity index is 325. The summed E-state index contributed by atoms with van der Waals surface area (Å²) < 4.78 is 17.7. The number of methoxy groups -OCH3 is 1. The van der Waals surface area contributed by atoms with Gasteiger partial charge in [-0.15, -0.1) is 0 Å². The van der Waals surface area contributed by atoms with E-state index >= 15 is 0 Å². The van der Waals surface area contributed by atoms with E-state index in [-0.39, 0.29) is 6.79 Å². The normalized spacial score (nSPS) is 16.7. The number of unbranched alkanes of at least 4 members (excludes halogenated alkanes) is 2. The van der Waals surface area contributed by atoms with Gasteiger partial charge in [0.15, 0.2) is 8.32 Å². The van der Waals surface area contributed by atoms with Crippen molar-refractivity contribution in [3.05, 3.63) is 0 Å². The summed E-state index contributed by atoms with van der Waals surface area (Å²) in [6, 6.07) is 0. The molecule has 0 saturated carbocycles. The van der Waals surface area contributed by atoms with Crippen molar-refractivity contribution in [3.63, 3.8) is 0 Å². The highest BCUT2D eigenvalue weighted by molar-refractivity contribution is 6.77. The lowest BCUT2D eigenvalue weighted by Gasteiger charge is -2.45. The van der Waals surface area contributed by atoms with Gasteiger partial charge in [-0.3, -0.25) is 0 Å². The first-order valence-corrected chi connectivity index (χ1v) is 12.2. The third-order valence-electron chi connectivity index (χ3n) is 5.61. The van der Waals surface area contributed by atoms with Crippen LogP contribution in [0.1, 0.15) is 81.1 Å². The molecule has 0 saturated heterocycles. The Morgan fingerprint density at radius 1 is 0.960 bits per heavy atom. The van der Waals surface area contributed by atoms with Crippen molar-refractivity contribution in [2.45, 2.75) is 109 Å². The van der Waals surface area contributed by atoms with Crippen LogP contribution in [0.25, 0.3) is 0 Å². The number of hydrogen-bond donors (Lipinski definition) is 1. The zero-order valence-electron chi connectivity index (χ0n) is 18.2. The SMILES string of the molecule is CCCCC[C@@H](O)[C@@](C)(CO[Si](C(C)C)(C(C)C)C(C)C)OCOC. The quantitative estimate of drug-likeness (QED) is 0.247. The fraction of sp³-hybridized carbons (Fsp3) is 1.00. The van der Waals surface area contributed by atoms with Gasteiger partial charge in [0, 0.05) is 7.11 Å². The van der Waals surface area contributed by atoms with Crippen LogP contribution in [0.2, 0.25) is 16.6 Å². The Balaban J connectivity index is 5.27. The molecule has 0 aliphatic rings. The molecule has 0 aromatic carbocycles. The Labute approximate surface area is 157 Å². The van der Waals surface area contributed by atoms with E-state index in [1.54, 1.807) is 7.11 Å². The average molecular weight is 377 g/mol. The fourth-order valence-corrected chi connectivity index (χ4v) is 9.63. The molecule has 25 heavy (non-hydrogen) atoms. The second-order valence-electron chi connectivity index (χ2n) is 8.48. The van der Waals surface area contributed by atoms with Gasteiger partial charge in [0.05, 0.1) is 12.7 Å². The van der Waals surface area contributed by atoms with Gasteiger partial charge in [-0.05, 0) is 30.0 Å². The van der Waals surface area contributed by atoms with Gasteiger partial charge >= 0.3 is 0 Å². The van der Waals surface area contributed by atoms with Gasteiger partial charge in [-0.2, -0.15) is 0 Å². The summed E-state index contributed by atoms with van der Waals surface area (Å²) in [4.78, 5) is 0. The first kappa shape index (κ1) is 25.1. The fourth-order valence-electron chi connectivity index (χ4n) is 4.09. The number of ether oxygens (including phenoxy) is 2. The Morgan fingerprint density at radius 3 is 1.88 bits per heavy atom. The van der Waals surface area contributed by atoms with Gasteiger partial charge in [-0.1, -0.05) is 67.7 Å². The molecule has 0 heterocycles. The minimum atomic E-state index is -1.99. The van der Waals surface area contributed by atoms with E-state index in [1.807, 2.05) is 6.92 Å². The monoisotopic (exact) mass is 376 g/mol. The number of aliphatic hydroxyl groups is 1. The first-order valence-electron chi connectivity index (χ1n) is 10.0. The Hall–Kier alpha value is 0.0569. The topological polar surface area (TPSA) is 47.9 Å². The largest absolute Gasteiger partial charge is 0.413 e. The molecule has 4 nitrogen and oxygen atoms in total. The van der Waals surface area contributed by atoms with Gasteiger partial charge < -0.3 is 19.0 Å². The maximum atomic E-state index is 10.8. The third-order valence-corrected chi connectivity index (χ3v) is 11.7. The molecule has 0 aliphatic heterocycles. The zero-order valence-corrected chi connectivity index (χ0v) is 19.2. The van der Waals surface area contributed by atoms with Gasteiger partial charge in [0.1, 0.15) is 12.4 Å². The molecule has 0 aromatic rings. The summed E-state index contributed by atoms with van der Waals surface area (Å²) in [6.45, 7) is 18.4.